The van der Waals surface area contributed by atoms with Crippen LogP contribution in [0.15, 0.2) is 24.3 Å². The smallest absolute Gasteiger partial charge is 0.0679 e. The van der Waals surface area contributed by atoms with E-state index in [-0.39, 0.29) is 6.10 Å². The van der Waals surface area contributed by atoms with Gasteiger partial charge in [-0.1, -0.05) is 18.2 Å². The van der Waals surface area contributed by atoms with Gasteiger partial charge < -0.3 is 10.8 Å². The third-order valence-corrected chi connectivity index (χ3v) is 2.70. The minimum absolute atomic E-state index is 0.153. The van der Waals surface area contributed by atoms with Crippen molar-refractivity contribution in [1.82, 2.24) is 4.90 Å². The van der Waals surface area contributed by atoms with Crippen LogP contribution in [0.25, 0.3) is 0 Å². The molecule has 1 aromatic carbocycles. The first-order valence-electron chi connectivity index (χ1n) is 4.99. The molecule has 76 valence electrons. The molecule has 2 rings (SSSR count). The van der Waals surface area contributed by atoms with Crippen molar-refractivity contribution in [3.63, 3.8) is 0 Å². The summed E-state index contributed by atoms with van der Waals surface area (Å²) in [5.41, 5.74) is 7.84. The summed E-state index contributed by atoms with van der Waals surface area (Å²) in [5.74, 6) is 0. The molecular formula is C11H16N2O. The highest BCUT2D eigenvalue weighted by molar-refractivity contribution is 5.46. The molecule has 3 nitrogen and oxygen atoms in total. The van der Waals surface area contributed by atoms with Crippen LogP contribution in [-0.4, -0.2) is 29.2 Å². The standard InChI is InChI=1S/C11H16N2O/c12-11-4-2-1-3-9(11)7-13-6-5-10(14)8-13/h1-4,10,14H,5-8,12H2/t10-/m0/s1. The second-order valence-corrected chi connectivity index (χ2v) is 3.88. The predicted molar refractivity (Wildman–Crippen MR) is 56.8 cm³/mol. The van der Waals surface area contributed by atoms with Gasteiger partial charge in [-0.3, -0.25) is 4.90 Å². The van der Waals surface area contributed by atoms with E-state index in [0.29, 0.717) is 0 Å². The number of rotatable bonds is 2. The van der Waals surface area contributed by atoms with Crippen molar-refractivity contribution in [2.45, 2.75) is 19.1 Å². The molecule has 14 heavy (non-hydrogen) atoms. The molecule has 0 saturated carbocycles. The van der Waals surface area contributed by atoms with E-state index < -0.39 is 0 Å². The Morgan fingerprint density at radius 3 is 2.86 bits per heavy atom. The van der Waals surface area contributed by atoms with Crippen molar-refractivity contribution in [3.8, 4) is 0 Å². The third kappa shape index (κ3) is 2.05. The summed E-state index contributed by atoms with van der Waals surface area (Å²) >= 11 is 0. The lowest BCUT2D eigenvalue weighted by Crippen LogP contribution is -2.21. The molecule has 1 aliphatic heterocycles. The Morgan fingerprint density at radius 2 is 2.21 bits per heavy atom. The topological polar surface area (TPSA) is 49.5 Å². The first-order valence-corrected chi connectivity index (χ1v) is 4.99. The van der Waals surface area contributed by atoms with Gasteiger partial charge in [-0.05, 0) is 18.1 Å². The highest BCUT2D eigenvalue weighted by atomic mass is 16.3. The number of nitrogen functional groups attached to an aromatic ring is 1. The van der Waals surface area contributed by atoms with Crippen molar-refractivity contribution in [2.24, 2.45) is 0 Å². The highest BCUT2D eigenvalue weighted by Gasteiger charge is 2.20. The van der Waals surface area contributed by atoms with E-state index in [4.69, 9.17) is 5.73 Å². The number of anilines is 1. The number of nitrogens with two attached hydrogens (primary N) is 1. The minimum atomic E-state index is -0.153. The fourth-order valence-corrected chi connectivity index (χ4v) is 1.87. The second kappa shape index (κ2) is 3.98. The third-order valence-electron chi connectivity index (χ3n) is 2.70. The van der Waals surface area contributed by atoms with E-state index in [9.17, 15) is 5.11 Å². The Kier molecular flexibility index (Phi) is 2.70. The number of likely N-dealkylation sites (tertiary alicyclic amines) is 1. The van der Waals surface area contributed by atoms with Gasteiger partial charge in [0.1, 0.15) is 0 Å². The van der Waals surface area contributed by atoms with E-state index in [1.807, 2.05) is 24.3 Å². The summed E-state index contributed by atoms with van der Waals surface area (Å²) in [6.07, 6.45) is 0.729. The number of aliphatic hydroxyl groups is 1. The van der Waals surface area contributed by atoms with Gasteiger partial charge in [-0.25, -0.2) is 0 Å². The number of β-amino-alcohol motifs (C(OH)–C–C–N with tert-alkyl or cyclic N) is 1. The van der Waals surface area contributed by atoms with E-state index in [0.717, 1.165) is 37.3 Å². The molecule has 0 unspecified atom stereocenters. The average molecular weight is 192 g/mol. The summed E-state index contributed by atoms with van der Waals surface area (Å²) in [4.78, 5) is 2.23. The maximum atomic E-state index is 9.37. The molecule has 3 N–H and O–H groups in total. The van der Waals surface area contributed by atoms with Gasteiger partial charge in [-0.15, -0.1) is 0 Å². The Hall–Kier alpha value is -1.06. The Bertz CT molecular complexity index is 314. The van der Waals surface area contributed by atoms with Crippen LogP contribution in [-0.2, 0) is 6.54 Å². The Morgan fingerprint density at radius 1 is 1.43 bits per heavy atom. The molecule has 0 amide bonds. The zero-order valence-corrected chi connectivity index (χ0v) is 8.19. The minimum Gasteiger partial charge on any atom is -0.398 e. The number of hydrogen-bond donors (Lipinski definition) is 2. The molecule has 1 fully saturated rings. The maximum Gasteiger partial charge on any atom is 0.0679 e. The lowest BCUT2D eigenvalue weighted by atomic mass is 10.2. The normalized spacial score (nSPS) is 22.8. The number of nitrogens with zero attached hydrogens (tertiary/aromatic N) is 1. The first kappa shape index (κ1) is 9.49. The number of benzene rings is 1. The van der Waals surface area contributed by atoms with Crippen LogP contribution in [0.3, 0.4) is 0 Å². The van der Waals surface area contributed by atoms with Crippen molar-refractivity contribution >= 4 is 5.69 Å². The molecule has 1 aromatic rings. The number of para-hydroxylation sites is 1. The molecule has 1 saturated heterocycles. The zero-order valence-electron chi connectivity index (χ0n) is 8.19. The van der Waals surface area contributed by atoms with Crippen molar-refractivity contribution < 1.29 is 5.11 Å². The fraction of sp³-hybridized carbons (Fsp3) is 0.455. The van der Waals surface area contributed by atoms with Gasteiger partial charge in [0, 0.05) is 25.3 Å². The lowest BCUT2D eigenvalue weighted by molar-refractivity contribution is 0.175. The summed E-state index contributed by atoms with van der Waals surface area (Å²) < 4.78 is 0. The van der Waals surface area contributed by atoms with Crippen molar-refractivity contribution in [2.75, 3.05) is 18.8 Å². The van der Waals surface area contributed by atoms with Crippen molar-refractivity contribution in [1.29, 1.82) is 0 Å². The molecule has 0 bridgehead atoms. The van der Waals surface area contributed by atoms with Gasteiger partial charge in [0.2, 0.25) is 0 Å². The molecule has 1 atom stereocenters. The van der Waals surface area contributed by atoms with Crippen LogP contribution in [0.5, 0.6) is 0 Å². The van der Waals surface area contributed by atoms with Crippen LogP contribution in [0, 0.1) is 0 Å². The molecule has 0 radical (unpaired) electrons. The molecule has 0 aromatic heterocycles. The van der Waals surface area contributed by atoms with Crippen LogP contribution >= 0.6 is 0 Å². The summed E-state index contributed by atoms with van der Waals surface area (Å²) in [6.45, 7) is 2.59. The van der Waals surface area contributed by atoms with E-state index in [2.05, 4.69) is 4.90 Å². The molecular weight excluding hydrogens is 176 g/mol. The number of aliphatic hydroxyl groups excluding tert-OH is 1. The van der Waals surface area contributed by atoms with Gasteiger partial charge >= 0.3 is 0 Å². The molecule has 1 heterocycles. The SMILES string of the molecule is Nc1ccccc1CN1CC[C@H](O)C1. The molecule has 0 spiro atoms. The van der Waals surface area contributed by atoms with Crippen LogP contribution in [0.2, 0.25) is 0 Å². The first-order chi connectivity index (χ1) is 6.75. The van der Waals surface area contributed by atoms with Crippen molar-refractivity contribution in [3.05, 3.63) is 29.8 Å². The Balaban J connectivity index is 2.01. The van der Waals surface area contributed by atoms with E-state index in [1.54, 1.807) is 0 Å². The largest absolute Gasteiger partial charge is 0.398 e. The monoisotopic (exact) mass is 192 g/mol. The van der Waals surface area contributed by atoms with E-state index in [1.165, 1.54) is 0 Å². The lowest BCUT2D eigenvalue weighted by Gasteiger charge is -2.15. The summed E-state index contributed by atoms with van der Waals surface area (Å²) in [5, 5.41) is 9.37. The van der Waals surface area contributed by atoms with E-state index >= 15 is 0 Å². The van der Waals surface area contributed by atoms with Gasteiger partial charge in [0.25, 0.3) is 0 Å². The molecule has 0 aliphatic carbocycles. The molecule has 1 aliphatic rings. The maximum absolute atomic E-state index is 9.37. The van der Waals surface area contributed by atoms with Gasteiger partial charge in [-0.2, -0.15) is 0 Å². The second-order valence-electron chi connectivity index (χ2n) is 3.88. The average Bonchev–Trinajstić information content (AvgIpc) is 2.56. The summed E-state index contributed by atoms with van der Waals surface area (Å²) in [7, 11) is 0. The fourth-order valence-electron chi connectivity index (χ4n) is 1.87. The van der Waals surface area contributed by atoms with Gasteiger partial charge in [0.15, 0.2) is 0 Å². The van der Waals surface area contributed by atoms with Crippen LogP contribution < -0.4 is 5.73 Å². The van der Waals surface area contributed by atoms with Gasteiger partial charge in [0.05, 0.1) is 6.10 Å². The van der Waals surface area contributed by atoms with Crippen LogP contribution in [0.1, 0.15) is 12.0 Å². The predicted octanol–water partition coefficient (Wildman–Crippen LogP) is 0.835. The zero-order chi connectivity index (χ0) is 9.97. The highest BCUT2D eigenvalue weighted by Crippen LogP contribution is 2.17. The van der Waals surface area contributed by atoms with Crippen LogP contribution in [0.4, 0.5) is 5.69 Å². The Labute approximate surface area is 84.1 Å². The number of hydrogen-bond acceptors (Lipinski definition) is 3. The molecule has 3 heteroatoms. The quantitative estimate of drug-likeness (QED) is 0.682. The summed E-state index contributed by atoms with van der Waals surface area (Å²) in [6, 6.07) is 7.90.